The number of fused-ring (bicyclic) bond motifs is 2. The second-order valence-electron chi connectivity index (χ2n) is 8.62. The standard InChI is InChI=1S/C26H14N2O4.3C2H6/c1-9-7-15-19-13(23(29)27-25(15)31)6-4-12-18-10(2)8-16-20-14(24(30)28-26(16)32)5-3-11(22(18)20)17(9)21(12)19;3*1-2/h3-8H,1-2H3,(H,27,29,31)(H,28,30,32);3*1-2H3. The summed E-state index contributed by atoms with van der Waals surface area (Å²) in [5.74, 6) is -1.61. The Hall–Kier alpha value is -4.32. The molecule has 6 heteroatoms. The van der Waals surface area contributed by atoms with E-state index in [1.54, 1.807) is 12.1 Å². The average molecular weight is 509 g/mol. The fraction of sp³-hybridized carbons (Fsp3) is 0.250. The normalized spacial score (nSPS) is 13.4. The summed E-state index contributed by atoms with van der Waals surface area (Å²) in [5.41, 5.74) is 3.71. The van der Waals surface area contributed by atoms with Gasteiger partial charge < -0.3 is 0 Å². The van der Waals surface area contributed by atoms with Gasteiger partial charge in [-0.1, -0.05) is 53.7 Å². The predicted molar refractivity (Wildman–Crippen MR) is 155 cm³/mol. The molecule has 5 aromatic carbocycles. The maximum Gasteiger partial charge on any atom is 0.258 e. The first kappa shape index (κ1) is 26.7. The lowest BCUT2D eigenvalue weighted by Gasteiger charge is -2.25. The Balaban J connectivity index is 0.000000526. The van der Waals surface area contributed by atoms with Crippen LogP contribution in [-0.4, -0.2) is 23.6 Å². The number of carbonyl (C=O) groups excluding carboxylic acids is 4. The molecule has 0 spiro atoms. The van der Waals surface area contributed by atoms with Crippen LogP contribution in [0.4, 0.5) is 0 Å². The highest BCUT2D eigenvalue weighted by Gasteiger charge is 2.32. The molecule has 2 N–H and O–H groups in total. The number of hydrogen-bond acceptors (Lipinski definition) is 4. The smallest absolute Gasteiger partial charge is 0.258 e. The number of benzene rings is 5. The van der Waals surface area contributed by atoms with E-state index in [0.29, 0.717) is 33.0 Å². The highest BCUT2D eigenvalue weighted by Crippen LogP contribution is 2.47. The zero-order valence-corrected chi connectivity index (χ0v) is 23.1. The second kappa shape index (κ2) is 9.86. The first-order valence-electron chi connectivity index (χ1n) is 13.3. The Kier molecular flexibility index (Phi) is 6.94. The number of hydrogen-bond donors (Lipinski definition) is 2. The quantitative estimate of drug-likeness (QED) is 0.131. The van der Waals surface area contributed by atoms with Crippen molar-refractivity contribution in [1.82, 2.24) is 10.6 Å². The third kappa shape index (κ3) is 3.40. The molecule has 0 unspecified atom stereocenters. The van der Waals surface area contributed by atoms with E-state index in [4.69, 9.17) is 0 Å². The summed E-state index contributed by atoms with van der Waals surface area (Å²) in [5, 5.41) is 11.6. The molecule has 2 aliphatic heterocycles. The van der Waals surface area contributed by atoms with Crippen molar-refractivity contribution in [2.24, 2.45) is 0 Å². The largest absolute Gasteiger partial charge is 0.288 e. The van der Waals surface area contributed by atoms with Crippen LogP contribution < -0.4 is 10.6 Å². The zero-order valence-electron chi connectivity index (χ0n) is 23.1. The summed E-state index contributed by atoms with van der Waals surface area (Å²) < 4.78 is 0. The molecule has 0 bridgehead atoms. The van der Waals surface area contributed by atoms with E-state index >= 15 is 0 Å². The number of amides is 4. The van der Waals surface area contributed by atoms with E-state index in [1.165, 1.54) is 0 Å². The minimum absolute atomic E-state index is 0.399. The molecule has 4 amide bonds. The number of rotatable bonds is 0. The lowest BCUT2D eigenvalue weighted by molar-refractivity contribution is 0.0828. The summed E-state index contributed by atoms with van der Waals surface area (Å²) in [6.07, 6.45) is 0. The van der Waals surface area contributed by atoms with Crippen molar-refractivity contribution in [3.63, 3.8) is 0 Å². The van der Waals surface area contributed by atoms with Gasteiger partial charge in [0.1, 0.15) is 0 Å². The Labute approximate surface area is 221 Å². The zero-order chi connectivity index (χ0) is 28.0. The first-order valence-corrected chi connectivity index (χ1v) is 13.3. The molecule has 0 saturated heterocycles. The summed E-state index contributed by atoms with van der Waals surface area (Å²) in [7, 11) is 0. The molecule has 2 heterocycles. The molecule has 0 aromatic heterocycles. The molecule has 5 aromatic rings. The number of carbonyl (C=O) groups is 4. The Bertz CT molecular complexity index is 1680. The van der Waals surface area contributed by atoms with Crippen LogP contribution in [0.3, 0.4) is 0 Å². The van der Waals surface area contributed by atoms with Gasteiger partial charge in [0.25, 0.3) is 23.6 Å². The van der Waals surface area contributed by atoms with Crippen molar-refractivity contribution >= 4 is 66.7 Å². The van der Waals surface area contributed by atoms with E-state index in [1.807, 2.05) is 79.7 Å². The first-order chi connectivity index (χ1) is 18.4. The monoisotopic (exact) mass is 508 g/mol. The molecule has 0 aliphatic carbocycles. The molecule has 194 valence electrons. The van der Waals surface area contributed by atoms with E-state index in [-0.39, 0.29) is 0 Å². The third-order valence-electron chi connectivity index (χ3n) is 6.93. The van der Waals surface area contributed by atoms with Crippen molar-refractivity contribution in [1.29, 1.82) is 0 Å². The Morgan fingerprint density at radius 2 is 0.737 bits per heavy atom. The third-order valence-corrected chi connectivity index (χ3v) is 6.93. The maximum atomic E-state index is 12.7. The number of aryl methyl sites for hydroxylation is 2. The van der Waals surface area contributed by atoms with Crippen molar-refractivity contribution in [2.45, 2.75) is 55.4 Å². The number of imide groups is 2. The van der Waals surface area contributed by atoms with Gasteiger partial charge in [0.2, 0.25) is 0 Å². The van der Waals surface area contributed by atoms with Crippen LogP contribution in [0, 0.1) is 13.8 Å². The highest BCUT2D eigenvalue weighted by molar-refractivity contribution is 6.42. The Morgan fingerprint density at radius 3 is 1.08 bits per heavy atom. The van der Waals surface area contributed by atoms with Gasteiger partial charge in [-0.05, 0) is 81.6 Å². The lowest BCUT2D eigenvalue weighted by atomic mass is 9.80. The summed E-state index contributed by atoms with van der Waals surface area (Å²) in [6.45, 7) is 15.9. The van der Waals surface area contributed by atoms with Gasteiger partial charge >= 0.3 is 0 Å². The predicted octanol–water partition coefficient (Wildman–Crippen LogP) is 7.20. The number of nitrogens with one attached hydrogen (secondary N) is 2. The van der Waals surface area contributed by atoms with Crippen LogP contribution in [0.5, 0.6) is 0 Å². The van der Waals surface area contributed by atoms with Crippen LogP contribution in [0.1, 0.15) is 94.1 Å². The van der Waals surface area contributed by atoms with Gasteiger partial charge in [-0.25, -0.2) is 0 Å². The molecule has 38 heavy (non-hydrogen) atoms. The second-order valence-corrected chi connectivity index (χ2v) is 8.62. The van der Waals surface area contributed by atoms with Gasteiger partial charge in [-0.15, -0.1) is 0 Å². The average Bonchev–Trinajstić information content (AvgIpc) is 2.94. The topological polar surface area (TPSA) is 92.3 Å². The van der Waals surface area contributed by atoms with Crippen LogP contribution in [0.25, 0.3) is 43.1 Å². The molecule has 0 saturated carbocycles. The van der Waals surface area contributed by atoms with Crippen LogP contribution >= 0.6 is 0 Å². The molecule has 7 rings (SSSR count). The van der Waals surface area contributed by atoms with Gasteiger partial charge in [-0.2, -0.15) is 0 Å². The molecule has 2 aliphatic rings. The van der Waals surface area contributed by atoms with Crippen molar-refractivity contribution in [2.75, 3.05) is 0 Å². The highest BCUT2D eigenvalue weighted by atomic mass is 16.2. The van der Waals surface area contributed by atoms with E-state index in [2.05, 4.69) is 10.6 Å². The molecular weight excluding hydrogens is 476 g/mol. The van der Waals surface area contributed by atoms with Crippen LogP contribution in [0.2, 0.25) is 0 Å². The van der Waals surface area contributed by atoms with Gasteiger partial charge in [0.05, 0.1) is 0 Å². The van der Waals surface area contributed by atoms with Crippen molar-refractivity contribution < 1.29 is 19.2 Å². The minimum Gasteiger partial charge on any atom is -0.288 e. The minimum atomic E-state index is -0.404. The fourth-order valence-electron chi connectivity index (χ4n) is 5.72. The fourth-order valence-corrected chi connectivity index (χ4v) is 5.72. The van der Waals surface area contributed by atoms with Gasteiger partial charge in [0, 0.05) is 33.0 Å². The van der Waals surface area contributed by atoms with Crippen LogP contribution in [-0.2, 0) is 0 Å². The summed E-state index contributed by atoms with van der Waals surface area (Å²) in [4.78, 5) is 50.5. The van der Waals surface area contributed by atoms with Gasteiger partial charge in [-0.3, -0.25) is 29.8 Å². The van der Waals surface area contributed by atoms with E-state index in [9.17, 15) is 19.2 Å². The van der Waals surface area contributed by atoms with Gasteiger partial charge in [0.15, 0.2) is 0 Å². The molecular formula is C32H32N2O4. The molecule has 0 radical (unpaired) electrons. The summed E-state index contributed by atoms with van der Waals surface area (Å²) in [6, 6.07) is 10.9. The van der Waals surface area contributed by atoms with Crippen molar-refractivity contribution in [3.05, 3.63) is 69.8 Å². The summed E-state index contributed by atoms with van der Waals surface area (Å²) >= 11 is 0. The van der Waals surface area contributed by atoms with E-state index < -0.39 is 23.6 Å². The van der Waals surface area contributed by atoms with Crippen molar-refractivity contribution in [3.8, 4) is 0 Å². The molecule has 6 nitrogen and oxygen atoms in total. The SMILES string of the molecule is CC.CC.CC.Cc1cc2c3c(ccc4c5c(C)cc6c7c(ccc(c1c34)c75)C(=O)NC6=O)C(=O)NC2=O. The van der Waals surface area contributed by atoms with Crippen LogP contribution in [0.15, 0.2) is 36.4 Å². The Morgan fingerprint density at radius 1 is 0.421 bits per heavy atom. The molecule has 0 fully saturated rings. The lowest BCUT2D eigenvalue weighted by Crippen LogP contribution is -2.35. The van der Waals surface area contributed by atoms with E-state index in [0.717, 1.165) is 43.4 Å². The maximum absolute atomic E-state index is 12.7. The molecule has 0 atom stereocenters.